The number of hydrogen-bond donors (Lipinski definition) is 2. The number of amides is 2. The van der Waals surface area contributed by atoms with Gasteiger partial charge in [-0.25, -0.2) is 0 Å². The van der Waals surface area contributed by atoms with Crippen LogP contribution in [0.5, 0.6) is 0 Å². The summed E-state index contributed by atoms with van der Waals surface area (Å²) in [5.41, 5.74) is 2.31. The molecule has 0 unspecified atom stereocenters. The highest BCUT2D eigenvalue weighted by Crippen LogP contribution is 2.21. The fourth-order valence-corrected chi connectivity index (χ4v) is 3.02. The summed E-state index contributed by atoms with van der Waals surface area (Å²) in [6, 6.07) is 14.4. The Hall–Kier alpha value is -2.53. The van der Waals surface area contributed by atoms with Gasteiger partial charge in [-0.2, -0.15) is 0 Å². The van der Waals surface area contributed by atoms with Crippen molar-refractivity contribution >= 4 is 34.8 Å². The van der Waals surface area contributed by atoms with Crippen molar-refractivity contribution in [1.82, 2.24) is 5.32 Å². The van der Waals surface area contributed by atoms with Crippen molar-refractivity contribution in [1.29, 1.82) is 0 Å². The van der Waals surface area contributed by atoms with E-state index in [0.29, 0.717) is 16.3 Å². The number of benzene rings is 2. The predicted molar refractivity (Wildman–Crippen MR) is 100 cm³/mol. The molecule has 0 spiro atoms. The van der Waals surface area contributed by atoms with Crippen molar-refractivity contribution in [2.75, 3.05) is 29.9 Å². The summed E-state index contributed by atoms with van der Waals surface area (Å²) in [4.78, 5) is 26.3. The van der Waals surface area contributed by atoms with E-state index in [4.69, 9.17) is 11.6 Å². The van der Waals surface area contributed by atoms with Crippen molar-refractivity contribution in [3.05, 3.63) is 59.1 Å². The lowest BCUT2D eigenvalue weighted by atomic mass is 10.2. The molecule has 0 aromatic heterocycles. The van der Waals surface area contributed by atoms with Gasteiger partial charge in [-0.3, -0.25) is 9.59 Å². The maximum Gasteiger partial charge on any atom is 0.251 e. The maximum atomic E-state index is 12.0. The van der Waals surface area contributed by atoms with E-state index >= 15 is 0 Å². The van der Waals surface area contributed by atoms with Crippen molar-refractivity contribution < 1.29 is 9.59 Å². The minimum Gasteiger partial charge on any atom is -0.372 e. The Kier molecular flexibility index (Phi) is 5.56. The first-order valence-corrected chi connectivity index (χ1v) is 8.68. The third kappa shape index (κ3) is 4.73. The van der Waals surface area contributed by atoms with Gasteiger partial charge in [0.1, 0.15) is 0 Å². The first-order chi connectivity index (χ1) is 12.1. The molecule has 25 heavy (non-hydrogen) atoms. The number of carbonyl (C=O) groups excluding carboxylic acids is 2. The zero-order valence-corrected chi connectivity index (χ0v) is 14.6. The van der Waals surface area contributed by atoms with E-state index < -0.39 is 0 Å². The molecule has 6 heteroatoms. The number of hydrogen-bond acceptors (Lipinski definition) is 3. The fourth-order valence-electron chi connectivity index (χ4n) is 2.83. The minimum absolute atomic E-state index is 0.0980. The lowest BCUT2D eigenvalue weighted by Crippen LogP contribution is -2.32. The molecular weight excluding hydrogens is 338 g/mol. The molecule has 0 radical (unpaired) electrons. The smallest absolute Gasteiger partial charge is 0.251 e. The molecule has 0 atom stereocenters. The summed E-state index contributed by atoms with van der Waals surface area (Å²) in [7, 11) is 0. The first-order valence-electron chi connectivity index (χ1n) is 8.30. The third-order valence-electron chi connectivity index (χ3n) is 4.12. The van der Waals surface area contributed by atoms with Crippen LogP contribution in [0.1, 0.15) is 23.2 Å². The van der Waals surface area contributed by atoms with Crippen molar-refractivity contribution in [2.45, 2.75) is 12.8 Å². The summed E-state index contributed by atoms with van der Waals surface area (Å²) in [5.74, 6) is -0.605. The van der Waals surface area contributed by atoms with Crippen LogP contribution in [0, 0.1) is 0 Å². The van der Waals surface area contributed by atoms with E-state index in [9.17, 15) is 9.59 Å². The van der Waals surface area contributed by atoms with Crippen LogP contribution >= 0.6 is 11.6 Å². The molecule has 2 aromatic carbocycles. The second kappa shape index (κ2) is 8.03. The van der Waals surface area contributed by atoms with Gasteiger partial charge in [0.05, 0.1) is 6.54 Å². The quantitative estimate of drug-likeness (QED) is 0.863. The molecule has 2 amide bonds. The number of anilines is 2. The van der Waals surface area contributed by atoms with Gasteiger partial charge in [0.2, 0.25) is 5.91 Å². The van der Waals surface area contributed by atoms with Gasteiger partial charge < -0.3 is 15.5 Å². The second-order valence-electron chi connectivity index (χ2n) is 5.98. The molecule has 0 aliphatic carbocycles. The number of nitrogens with one attached hydrogen (secondary N) is 2. The van der Waals surface area contributed by atoms with Crippen LogP contribution in [0.2, 0.25) is 5.02 Å². The molecule has 1 aliphatic heterocycles. The summed E-state index contributed by atoms with van der Waals surface area (Å²) < 4.78 is 0. The van der Waals surface area contributed by atoms with E-state index in [1.165, 1.54) is 18.5 Å². The second-order valence-corrected chi connectivity index (χ2v) is 6.42. The Labute approximate surface area is 152 Å². The van der Waals surface area contributed by atoms with Crippen LogP contribution in [0.3, 0.4) is 0 Å². The topological polar surface area (TPSA) is 61.4 Å². The van der Waals surface area contributed by atoms with Gasteiger partial charge >= 0.3 is 0 Å². The van der Waals surface area contributed by atoms with Crippen LogP contribution in [0.25, 0.3) is 0 Å². The van der Waals surface area contributed by atoms with Crippen molar-refractivity contribution in [3.63, 3.8) is 0 Å². The van der Waals surface area contributed by atoms with Gasteiger partial charge in [0.25, 0.3) is 5.91 Å². The molecule has 1 heterocycles. The highest BCUT2D eigenvalue weighted by Gasteiger charge is 2.12. The van der Waals surface area contributed by atoms with Gasteiger partial charge in [-0.05, 0) is 55.3 Å². The van der Waals surface area contributed by atoms with E-state index in [2.05, 4.69) is 15.5 Å². The van der Waals surface area contributed by atoms with E-state index in [-0.39, 0.29) is 18.4 Å². The Morgan fingerprint density at radius 1 is 1.04 bits per heavy atom. The number of halogens is 1. The standard InChI is InChI=1S/C19H20ClN3O2/c20-15-5-3-4-14(12-15)19(25)21-13-18(24)22-16-6-8-17(9-7-16)23-10-1-2-11-23/h3-9,12H,1-2,10-11,13H2,(H,21,25)(H,22,24). The number of nitrogens with zero attached hydrogens (tertiary/aromatic N) is 1. The Morgan fingerprint density at radius 2 is 1.76 bits per heavy atom. The zero-order chi connectivity index (χ0) is 17.6. The third-order valence-corrected chi connectivity index (χ3v) is 4.35. The van der Waals surface area contributed by atoms with Gasteiger partial charge in [-0.1, -0.05) is 17.7 Å². The van der Waals surface area contributed by atoms with Crippen LogP contribution in [-0.4, -0.2) is 31.4 Å². The minimum atomic E-state index is -0.331. The van der Waals surface area contributed by atoms with Gasteiger partial charge in [0, 0.05) is 35.1 Å². The summed E-state index contributed by atoms with van der Waals surface area (Å²) in [6.07, 6.45) is 2.45. The molecular formula is C19H20ClN3O2. The molecule has 5 nitrogen and oxygen atoms in total. The number of rotatable bonds is 5. The van der Waals surface area contributed by atoms with Crippen LogP contribution < -0.4 is 15.5 Å². The molecule has 1 saturated heterocycles. The largest absolute Gasteiger partial charge is 0.372 e. The van der Waals surface area contributed by atoms with Crippen molar-refractivity contribution in [2.24, 2.45) is 0 Å². The molecule has 0 bridgehead atoms. The maximum absolute atomic E-state index is 12.0. The summed E-state index contributed by atoms with van der Waals surface area (Å²) in [5, 5.41) is 5.85. The van der Waals surface area contributed by atoms with E-state index in [1.54, 1.807) is 24.3 Å². The summed E-state index contributed by atoms with van der Waals surface area (Å²) in [6.45, 7) is 2.07. The lowest BCUT2D eigenvalue weighted by Gasteiger charge is -2.17. The molecule has 0 saturated carbocycles. The fraction of sp³-hybridized carbons (Fsp3) is 0.263. The van der Waals surface area contributed by atoms with Gasteiger partial charge in [0.15, 0.2) is 0 Å². The average Bonchev–Trinajstić information content (AvgIpc) is 3.15. The van der Waals surface area contributed by atoms with E-state index in [1.807, 2.05) is 24.3 Å². The van der Waals surface area contributed by atoms with Crippen LogP contribution in [0.4, 0.5) is 11.4 Å². The highest BCUT2D eigenvalue weighted by atomic mass is 35.5. The summed E-state index contributed by atoms with van der Waals surface area (Å²) >= 11 is 5.86. The van der Waals surface area contributed by atoms with Gasteiger partial charge in [-0.15, -0.1) is 0 Å². The molecule has 2 aromatic rings. The Bertz CT molecular complexity index is 756. The van der Waals surface area contributed by atoms with Crippen molar-refractivity contribution in [3.8, 4) is 0 Å². The molecule has 1 fully saturated rings. The Balaban J connectivity index is 1.49. The molecule has 2 N–H and O–H groups in total. The van der Waals surface area contributed by atoms with Crippen LogP contribution in [0.15, 0.2) is 48.5 Å². The molecule has 130 valence electrons. The number of carbonyl (C=O) groups is 2. The normalized spacial score (nSPS) is 13.6. The lowest BCUT2D eigenvalue weighted by molar-refractivity contribution is -0.115. The Morgan fingerprint density at radius 3 is 2.44 bits per heavy atom. The van der Waals surface area contributed by atoms with Crippen LogP contribution in [-0.2, 0) is 4.79 Å². The average molecular weight is 358 g/mol. The highest BCUT2D eigenvalue weighted by molar-refractivity contribution is 6.31. The first kappa shape index (κ1) is 17.3. The predicted octanol–water partition coefficient (Wildman–Crippen LogP) is 3.31. The monoisotopic (exact) mass is 357 g/mol. The SMILES string of the molecule is O=C(CNC(=O)c1cccc(Cl)c1)Nc1ccc(N2CCCC2)cc1. The zero-order valence-electron chi connectivity index (χ0n) is 13.8. The molecule has 3 rings (SSSR count). The molecule has 1 aliphatic rings. The van der Waals surface area contributed by atoms with E-state index in [0.717, 1.165) is 13.1 Å².